The van der Waals surface area contributed by atoms with Gasteiger partial charge in [-0.15, -0.1) is 0 Å². The van der Waals surface area contributed by atoms with Gasteiger partial charge < -0.3 is 9.88 Å². The second-order valence-electron chi connectivity index (χ2n) is 4.47. The van der Waals surface area contributed by atoms with E-state index in [0.717, 1.165) is 25.5 Å². The Morgan fingerprint density at radius 1 is 1.43 bits per heavy atom. The summed E-state index contributed by atoms with van der Waals surface area (Å²) in [5.41, 5.74) is -0.0828. The molecular formula is C13H14ClFN4O2. The van der Waals surface area contributed by atoms with Gasteiger partial charge >= 0.3 is 0 Å². The average molecular weight is 313 g/mol. The highest BCUT2D eigenvalue weighted by Gasteiger charge is 2.17. The molecule has 21 heavy (non-hydrogen) atoms. The van der Waals surface area contributed by atoms with Crippen molar-refractivity contribution in [2.45, 2.75) is 19.4 Å². The standard InChI is InChI=1S/C13H14ClFN4O2/c14-10-7-12(13(19(20)21)8-11(10)15)17-3-1-2-5-18-6-4-16-9-18/h4,6-9,17H,1-3,5H2. The summed E-state index contributed by atoms with van der Waals surface area (Å²) in [7, 11) is 0. The zero-order valence-electron chi connectivity index (χ0n) is 11.1. The van der Waals surface area contributed by atoms with E-state index in [-0.39, 0.29) is 16.4 Å². The van der Waals surface area contributed by atoms with Gasteiger partial charge in [0.05, 0.1) is 22.3 Å². The second kappa shape index (κ2) is 7.03. The molecule has 0 unspecified atom stereocenters. The van der Waals surface area contributed by atoms with Gasteiger partial charge in [0, 0.05) is 25.5 Å². The second-order valence-corrected chi connectivity index (χ2v) is 4.88. The molecule has 0 aliphatic heterocycles. The third-order valence-corrected chi connectivity index (χ3v) is 3.24. The van der Waals surface area contributed by atoms with Crippen molar-refractivity contribution in [3.63, 3.8) is 0 Å². The first-order chi connectivity index (χ1) is 10.1. The van der Waals surface area contributed by atoms with E-state index in [1.807, 2.05) is 10.8 Å². The predicted molar refractivity (Wildman–Crippen MR) is 78.0 cm³/mol. The number of aromatic nitrogens is 2. The van der Waals surface area contributed by atoms with Crippen molar-refractivity contribution in [2.75, 3.05) is 11.9 Å². The number of nitrogens with zero attached hydrogens (tertiary/aromatic N) is 3. The zero-order chi connectivity index (χ0) is 15.2. The van der Waals surface area contributed by atoms with E-state index in [9.17, 15) is 14.5 Å². The maximum absolute atomic E-state index is 13.2. The van der Waals surface area contributed by atoms with E-state index in [2.05, 4.69) is 10.3 Å². The summed E-state index contributed by atoms with van der Waals surface area (Å²) in [5.74, 6) is -0.797. The Kier molecular flexibility index (Phi) is 5.10. The molecule has 2 aromatic rings. The Labute approximate surface area is 125 Å². The molecule has 1 heterocycles. The number of aryl methyl sites for hydroxylation is 1. The van der Waals surface area contributed by atoms with E-state index < -0.39 is 10.7 Å². The van der Waals surface area contributed by atoms with Crippen LogP contribution in [0.1, 0.15) is 12.8 Å². The SMILES string of the molecule is O=[N+]([O-])c1cc(F)c(Cl)cc1NCCCCn1ccnc1. The van der Waals surface area contributed by atoms with Crippen molar-refractivity contribution < 1.29 is 9.31 Å². The zero-order valence-corrected chi connectivity index (χ0v) is 11.9. The fourth-order valence-corrected chi connectivity index (χ4v) is 2.05. The highest BCUT2D eigenvalue weighted by Crippen LogP contribution is 2.30. The maximum Gasteiger partial charge on any atom is 0.295 e. The molecule has 0 aliphatic rings. The fraction of sp³-hybridized carbons (Fsp3) is 0.308. The van der Waals surface area contributed by atoms with Crippen LogP contribution in [0.25, 0.3) is 0 Å². The number of benzene rings is 1. The van der Waals surface area contributed by atoms with E-state index in [0.29, 0.717) is 6.54 Å². The number of nitro benzene ring substituents is 1. The molecule has 8 heteroatoms. The van der Waals surface area contributed by atoms with Crippen LogP contribution in [0.2, 0.25) is 5.02 Å². The minimum atomic E-state index is -0.797. The minimum absolute atomic E-state index is 0.137. The number of hydrogen-bond acceptors (Lipinski definition) is 4. The van der Waals surface area contributed by atoms with Gasteiger partial charge in [0.1, 0.15) is 11.5 Å². The first kappa shape index (κ1) is 15.2. The van der Waals surface area contributed by atoms with Gasteiger partial charge in [-0.25, -0.2) is 9.37 Å². The highest BCUT2D eigenvalue weighted by molar-refractivity contribution is 6.31. The summed E-state index contributed by atoms with van der Waals surface area (Å²) in [6.45, 7) is 1.37. The number of nitro groups is 1. The van der Waals surface area contributed by atoms with Crippen LogP contribution in [-0.4, -0.2) is 21.0 Å². The van der Waals surface area contributed by atoms with Crippen LogP contribution in [0.15, 0.2) is 30.9 Å². The molecule has 0 radical (unpaired) electrons. The number of rotatable bonds is 7. The summed E-state index contributed by atoms with van der Waals surface area (Å²) >= 11 is 5.65. The van der Waals surface area contributed by atoms with Gasteiger partial charge in [-0.1, -0.05) is 11.6 Å². The van der Waals surface area contributed by atoms with E-state index in [1.54, 1.807) is 12.5 Å². The van der Waals surface area contributed by atoms with Crippen LogP contribution in [0.3, 0.4) is 0 Å². The quantitative estimate of drug-likeness (QED) is 0.482. The summed E-state index contributed by atoms with van der Waals surface area (Å²) in [4.78, 5) is 14.2. The Hall–Kier alpha value is -2.15. The normalized spacial score (nSPS) is 10.6. The van der Waals surface area contributed by atoms with Gasteiger partial charge in [-0.05, 0) is 18.9 Å². The lowest BCUT2D eigenvalue weighted by Gasteiger charge is -2.08. The number of anilines is 1. The molecule has 1 aromatic heterocycles. The number of halogens is 2. The van der Waals surface area contributed by atoms with Crippen LogP contribution in [0, 0.1) is 15.9 Å². The van der Waals surface area contributed by atoms with Crippen LogP contribution in [0.5, 0.6) is 0 Å². The number of nitrogens with one attached hydrogen (secondary N) is 1. The first-order valence-electron chi connectivity index (χ1n) is 6.41. The van der Waals surface area contributed by atoms with Crippen molar-refractivity contribution in [3.05, 3.63) is 51.8 Å². The minimum Gasteiger partial charge on any atom is -0.379 e. The Morgan fingerprint density at radius 3 is 2.90 bits per heavy atom. The first-order valence-corrected chi connectivity index (χ1v) is 6.79. The summed E-state index contributed by atoms with van der Waals surface area (Å²) in [6.07, 6.45) is 7.02. The number of unbranched alkanes of at least 4 members (excludes halogenated alkanes) is 1. The largest absolute Gasteiger partial charge is 0.379 e. The molecule has 0 amide bonds. The van der Waals surface area contributed by atoms with Gasteiger partial charge in [0.15, 0.2) is 0 Å². The number of imidazole rings is 1. The maximum atomic E-state index is 13.2. The van der Waals surface area contributed by atoms with Gasteiger partial charge in [0.25, 0.3) is 5.69 Å². The smallest absolute Gasteiger partial charge is 0.295 e. The lowest BCUT2D eigenvalue weighted by atomic mass is 10.2. The Bertz CT molecular complexity index is 619. The third-order valence-electron chi connectivity index (χ3n) is 2.95. The third kappa shape index (κ3) is 4.16. The molecule has 2 rings (SSSR count). The molecule has 0 atom stereocenters. The Balaban J connectivity index is 1.87. The Morgan fingerprint density at radius 2 is 2.24 bits per heavy atom. The summed E-state index contributed by atoms with van der Waals surface area (Å²) in [6, 6.07) is 2.07. The summed E-state index contributed by atoms with van der Waals surface area (Å²) in [5, 5.41) is 13.7. The van der Waals surface area contributed by atoms with E-state index >= 15 is 0 Å². The monoisotopic (exact) mass is 312 g/mol. The van der Waals surface area contributed by atoms with Gasteiger partial charge in [-0.3, -0.25) is 10.1 Å². The van der Waals surface area contributed by atoms with Crippen LogP contribution in [-0.2, 0) is 6.54 Å². The molecule has 6 nitrogen and oxygen atoms in total. The summed E-state index contributed by atoms with van der Waals surface area (Å²) < 4.78 is 15.2. The van der Waals surface area contributed by atoms with Gasteiger partial charge in [0.2, 0.25) is 0 Å². The molecule has 0 fully saturated rings. The molecule has 0 saturated carbocycles. The highest BCUT2D eigenvalue weighted by atomic mass is 35.5. The van der Waals surface area contributed by atoms with Crippen molar-refractivity contribution in [3.8, 4) is 0 Å². The number of hydrogen-bond donors (Lipinski definition) is 1. The van der Waals surface area contributed by atoms with Crippen molar-refractivity contribution in [2.24, 2.45) is 0 Å². The molecule has 1 N–H and O–H groups in total. The average Bonchev–Trinajstić information content (AvgIpc) is 2.95. The van der Waals surface area contributed by atoms with Crippen molar-refractivity contribution in [1.82, 2.24) is 9.55 Å². The van der Waals surface area contributed by atoms with Crippen molar-refractivity contribution in [1.29, 1.82) is 0 Å². The molecule has 0 aliphatic carbocycles. The van der Waals surface area contributed by atoms with Crippen LogP contribution >= 0.6 is 11.6 Å². The topological polar surface area (TPSA) is 73.0 Å². The molecule has 0 spiro atoms. The lowest BCUT2D eigenvalue weighted by molar-refractivity contribution is -0.384. The predicted octanol–water partition coefficient (Wildman–Crippen LogP) is 3.48. The lowest BCUT2D eigenvalue weighted by Crippen LogP contribution is -2.06. The fourth-order valence-electron chi connectivity index (χ4n) is 1.89. The van der Waals surface area contributed by atoms with E-state index in [4.69, 9.17) is 11.6 Å². The molecule has 1 aromatic carbocycles. The molecule has 0 bridgehead atoms. The van der Waals surface area contributed by atoms with Gasteiger partial charge in [-0.2, -0.15) is 0 Å². The van der Waals surface area contributed by atoms with Crippen molar-refractivity contribution >= 4 is 23.0 Å². The molecule has 112 valence electrons. The van der Waals surface area contributed by atoms with Crippen LogP contribution < -0.4 is 5.32 Å². The molecule has 0 saturated heterocycles. The van der Waals surface area contributed by atoms with Crippen LogP contribution in [0.4, 0.5) is 15.8 Å². The molecular weight excluding hydrogens is 299 g/mol. The van der Waals surface area contributed by atoms with E-state index in [1.165, 1.54) is 6.07 Å².